The van der Waals surface area contributed by atoms with Gasteiger partial charge in [0.1, 0.15) is 0 Å². The van der Waals surface area contributed by atoms with E-state index in [1.807, 2.05) is 27.7 Å². The Kier molecular flexibility index (Phi) is 24.8. The summed E-state index contributed by atoms with van der Waals surface area (Å²) in [5, 5.41) is 3.52. The predicted octanol–water partition coefficient (Wildman–Crippen LogP) is 6.04. The molecule has 0 unspecified atom stereocenters. The van der Waals surface area contributed by atoms with E-state index >= 15 is 0 Å². The number of unbranched alkanes of at least 4 members (excludes halogenated alkanes) is 5. The quantitative estimate of drug-likeness (QED) is 0.524. The van der Waals surface area contributed by atoms with Gasteiger partial charge in [0.05, 0.1) is 0 Å². The van der Waals surface area contributed by atoms with Gasteiger partial charge >= 0.3 is 0 Å². The second-order valence-corrected chi connectivity index (χ2v) is 5.51. The molecule has 0 aliphatic rings. The summed E-state index contributed by atoms with van der Waals surface area (Å²) in [7, 11) is 0. The fraction of sp³-hybridized carbons (Fsp3) is 1.00. The van der Waals surface area contributed by atoms with Gasteiger partial charge in [-0.3, -0.25) is 0 Å². The zero-order chi connectivity index (χ0) is 14.9. The SMILES string of the molecule is CC.CC.CCCCCCCCNCC(C)(C)C. The molecule has 0 atom stereocenters. The lowest BCUT2D eigenvalue weighted by atomic mass is 9.97. The second-order valence-electron chi connectivity index (χ2n) is 5.51. The van der Waals surface area contributed by atoms with Crippen molar-refractivity contribution in [3.8, 4) is 0 Å². The molecular formula is C17H41N. The van der Waals surface area contributed by atoms with E-state index in [1.54, 1.807) is 0 Å². The maximum absolute atomic E-state index is 3.52. The molecule has 114 valence electrons. The van der Waals surface area contributed by atoms with E-state index in [1.165, 1.54) is 45.1 Å². The molecule has 0 fully saturated rings. The molecule has 0 saturated heterocycles. The van der Waals surface area contributed by atoms with Crippen LogP contribution in [0.25, 0.3) is 0 Å². The number of hydrogen-bond acceptors (Lipinski definition) is 1. The molecule has 1 heteroatoms. The highest BCUT2D eigenvalue weighted by molar-refractivity contribution is 4.64. The molecule has 0 bridgehead atoms. The molecule has 0 aromatic carbocycles. The zero-order valence-corrected chi connectivity index (χ0v) is 14.7. The van der Waals surface area contributed by atoms with Crippen molar-refractivity contribution in [2.75, 3.05) is 13.1 Å². The summed E-state index contributed by atoms with van der Waals surface area (Å²) in [6.07, 6.45) is 8.36. The van der Waals surface area contributed by atoms with Crippen LogP contribution in [0.2, 0.25) is 0 Å². The van der Waals surface area contributed by atoms with E-state index in [4.69, 9.17) is 0 Å². The van der Waals surface area contributed by atoms with Crippen LogP contribution in [0.5, 0.6) is 0 Å². The highest BCUT2D eigenvalue weighted by Crippen LogP contribution is 2.10. The van der Waals surface area contributed by atoms with E-state index in [0.29, 0.717) is 5.41 Å². The van der Waals surface area contributed by atoms with E-state index in [0.717, 1.165) is 6.54 Å². The van der Waals surface area contributed by atoms with Gasteiger partial charge < -0.3 is 5.32 Å². The minimum atomic E-state index is 0.433. The standard InChI is InChI=1S/C13H29N.2C2H6/c1-5-6-7-8-9-10-11-14-12-13(2,3)4;2*1-2/h14H,5-12H2,1-4H3;2*1-2H3. The van der Waals surface area contributed by atoms with E-state index < -0.39 is 0 Å². The van der Waals surface area contributed by atoms with Gasteiger partial charge in [-0.1, -0.05) is 87.5 Å². The summed E-state index contributed by atoms with van der Waals surface area (Å²) in [5.74, 6) is 0. The van der Waals surface area contributed by atoms with Crippen molar-refractivity contribution >= 4 is 0 Å². The van der Waals surface area contributed by atoms with Gasteiger partial charge in [-0.05, 0) is 24.9 Å². The van der Waals surface area contributed by atoms with Crippen LogP contribution in [-0.2, 0) is 0 Å². The normalized spacial score (nSPS) is 10.0. The van der Waals surface area contributed by atoms with Crippen LogP contribution in [0.3, 0.4) is 0 Å². The summed E-state index contributed by atoms with van der Waals surface area (Å²) in [6.45, 7) is 19.4. The molecule has 0 aliphatic carbocycles. The van der Waals surface area contributed by atoms with Crippen molar-refractivity contribution in [2.24, 2.45) is 5.41 Å². The Hall–Kier alpha value is -0.0400. The van der Waals surface area contributed by atoms with Gasteiger partial charge in [0.25, 0.3) is 0 Å². The molecule has 18 heavy (non-hydrogen) atoms. The molecule has 0 radical (unpaired) electrons. The Bertz CT molecular complexity index is 113. The molecule has 0 amide bonds. The molecule has 1 N–H and O–H groups in total. The van der Waals surface area contributed by atoms with Crippen LogP contribution >= 0.6 is 0 Å². The molecule has 0 rings (SSSR count). The van der Waals surface area contributed by atoms with Gasteiger partial charge in [0, 0.05) is 0 Å². The lowest BCUT2D eigenvalue weighted by Crippen LogP contribution is -2.27. The Morgan fingerprint density at radius 2 is 1.17 bits per heavy atom. The first-order valence-corrected chi connectivity index (χ1v) is 8.27. The smallest absolute Gasteiger partial charge is 0.0000126 e. The topological polar surface area (TPSA) is 12.0 Å². The van der Waals surface area contributed by atoms with Gasteiger partial charge in [-0.2, -0.15) is 0 Å². The fourth-order valence-corrected chi connectivity index (χ4v) is 1.49. The van der Waals surface area contributed by atoms with E-state index in [9.17, 15) is 0 Å². The Labute approximate surface area is 118 Å². The van der Waals surface area contributed by atoms with Crippen LogP contribution in [0.15, 0.2) is 0 Å². The number of nitrogens with one attached hydrogen (secondary N) is 1. The summed E-state index contributed by atoms with van der Waals surface area (Å²) < 4.78 is 0. The van der Waals surface area contributed by atoms with Crippen molar-refractivity contribution in [1.82, 2.24) is 5.32 Å². The number of hydrogen-bond donors (Lipinski definition) is 1. The third-order valence-corrected chi connectivity index (χ3v) is 2.36. The van der Waals surface area contributed by atoms with Gasteiger partial charge in [0.2, 0.25) is 0 Å². The maximum Gasteiger partial charge on any atom is -0.0000126 e. The minimum absolute atomic E-state index is 0.433. The maximum atomic E-state index is 3.52. The van der Waals surface area contributed by atoms with Crippen molar-refractivity contribution in [3.05, 3.63) is 0 Å². The van der Waals surface area contributed by atoms with Crippen LogP contribution in [0.4, 0.5) is 0 Å². The fourth-order valence-electron chi connectivity index (χ4n) is 1.49. The first-order chi connectivity index (χ1) is 8.56. The number of rotatable bonds is 8. The highest BCUT2D eigenvalue weighted by atomic mass is 14.9. The van der Waals surface area contributed by atoms with Gasteiger partial charge in [-0.15, -0.1) is 0 Å². The lowest BCUT2D eigenvalue weighted by molar-refractivity contribution is 0.377. The summed E-state index contributed by atoms with van der Waals surface area (Å²) in [6, 6.07) is 0. The highest BCUT2D eigenvalue weighted by Gasteiger charge is 2.07. The van der Waals surface area contributed by atoms with Crippen molar-refractivity contribution in [3.63, 3.8) is 0 Å². The average Bonchev–Trinajstić information content (AvgIpc) is 2.36. The van der Waals surface area contributed by atoms with Crippen molar-refractivity contribution in [2.45, 2.75) is 93.9 Å². The molecule has 0 saturated carbocycles. The summed E-state index contributed by atoms with van der Waals surface area (Å²) >= 11 is 0. The third kappa shape index (κ3) is 29.7. The molecule has 0 aliphatic heterocycles. The van der Waals surface area contributed by atoms with E-state index in [2.05, 4.69) is 33.0 Å². The Morgan fingerprint density at radius 1 is 0.722 bits per heavy atom. The second kappa shape index (κ2) is 19.3. The monoisotopic (exact) mass is 259 g/mol. The Balaban J connectivity index is -0.000000506. The minimum Gasteiger partial charge on any atom is -0.316 e. The first kappa shape index (κ1) is 23.1. The average molecular weight is 260 g/mol. The van der Waals surface area contributed by atoms with Crippen molar-refractivity contribution < 1.29 is 0 Å². The van der Waals surface area contributed by atoms with E-state index in [-0.39, 0.29) is 0 Å². The molecule has 0 spiro atoms. The first-order valence-electron chi connectivity index (χ1n) is 8.27. The molecule has 0 heterocycles. The zero-order valence-electron chi connectivity index (χ0n) is 14.7. The molecular weight excluding hydrogens is 218 g/mol. The Morgan fingerprint density at radius 3 is 1.61 bits per heavy atom. The van der Waals surface area contributed by atoms with Crippen LogP contribution in [0, 0.1) is 5.41 Å². The molecule has 0 aromatic heterocycles. The molecule has 1 nitrogen and oxygen atoms in total. The predicted molar refractivity (Wildman–Crippen MR) is 88.4 cm³/mol. The summed E-state index contributed by atoms with van der Waals surface area (Å²) in [4.78, 5) is 0. The largest absolute Gasteiger partial charge is 0.316 e. The van der Waals surface area contributed by atoms with Crippen molar-refractivity contribution in [1.29, 1.82) is 0 Å². The lowest BCUT2D eigenvalue weighted by Gasteiger charge is -2.18. The third-order valence-electron chi connectivity index (χ3n) is 2.36. The molecule has 0 aromatic rings. The summed E-state index contributed by atoms with van der Waals surface area (Å²) in [5.41, 5.74) is 0.433. The van der Waals surface area contributed by atoms with Gasteiger partial charge in [0.15, 0.2) is 0 Å². The van der Waals surface area contributed by atoms with Crippen LogP contribution in [-0.4, -0.2) is 13.1 Å². The van der Waals surface area contributed by atoms with Gasteiger partial charge in [-0.25, -0.2) is 0 Å². The van der Waals surface area contributed by atoms with Crippen LogP contribution in [0.1, 0.15) is 93.9 Å². The van der Waals surface area contributed by atoms with Crippen LogP contribution < -0.4 is 5.32 Å².